The van der Waals surface area contributed by atoms with E-state index in [1.54, 1.807) is 0 Å². The van der Waals surface area contributed by atoms with Gasteiger partial charge in [-0.15, -0.1) is 0 Å². The fraction of sp³-hybridized carbons (Fsp3) is 0.714. The van der Waals surface area contributed by atoms with Crippen LogP contribution < -0.4 is 11.1 Å². The topological polar surface area (TPSA) is 87.0 Å². The zero-order valence-electron chi connectivity index (χ0n) is 12.6. The molecule has 0 aliphatic carbocycles. The maximum absolute atomic E-state index is 12.3. The Kier molecular flexibility index (Phi) is 4.65. The predicted octanol–water partition coefficient (Wildman–Crippen LogP) is 1.16. The summed E-state index contributed by atoms with van der Waals surface area (Å²) in [4.78, 5) is 14.6. The Balaban J connectivity index is 1.98. The molecule has 1 amide bonds. The third-order valence-electron chi connectivity index (χ3n) is 4.14. The molecular weight excluding hydrogens is 254 g/mol. The van der Waals surface area contributed by atoms with Crippen molar-refractivity contribution >= 4 is 11.6 Å². The van der Waals surface area contributed by atoms with E-state index in [0.717, 1.165) is 37.9 Å². The molecule has 1 aromatic heterocycles. The summed E-state index contributed by atoms with van der Waals surface area (Å²) in [6.07, 6.45) is 3.73. The molecule has 2 rings (SSSR count). The van der Waals surface area contributed by atoms with Gasteiger partial charge in [0.1, 0.15) is 0 Å². The highest BCUT2D eigenvalue weighted by atomic mass is 16.2. The Morgan fingerprint density at radius 3 is 3.00 bits per heavy atom. The van der Waals surface area contributed by atoms with Crippen molar-refractivity contribution in [3.63, 3.8) is 0 Å². The molecule has 4 N–H and O–H groups in total. The monoisotopic (exact) mass is 279 g/mol. The molecule has 1 aromatic rings. The van der Waals surface area contributed by atoms with E-state index >= 15 is 0 Å². The highest BCUT2D eigenvalue weighted by Crippen LogP contribution is 2.18. The zero-order chi connectivity index (χ0) is 14.7. The minimum absolute atomic E-state index is 0.164. The second kappa shape index (κ2) is 6.26. The van der Waals surface area contributed by atoms with Crippen LogP contribution in [-0.2, 0) is 6.42 Å². The Labute approximate surface area is 120 Å². The third kappa shape index (κ3) is 3.12. The smallest absolute Gasteiger partial charge is 0.274 e. The van der Waals surface area contributed by atoms with E-state index in [1.807, 2.05) is 0 Å². The van der Waals surface area contributed by atoms with Crippen molar-refractivity contribution in [3.8, 4) is 0 Å². The Morgan fingerprint density at radius 1 is 1.60 bits per heavy atom. The molecule has 6 heteroatoms. The fourth-order valence-corrected chi connectivity index (χ4v) is 2.67. The number of nitrogen functional groups attached to an aromatic ring is 1. The predicted molar refractivity (Wildman–Crippen MR) is 79.6 cm³/mol. The molecule has 20 heavy (non-hydrogen) atoms. The molecule has 0 bridgehead atoms. The Morgan fingerprint density at radius 2 is 2.35 bits per heavy atom. The van der Waals surface area contributed by atoms with E-state index in [1.165, 1.54) is 0 Å². The van der Waals surface area contributed by atoms with Crippen molar-refractivity contribution in [1.82, 2.24) is 20.4 Å². The number of nitrogens with two attached hydrogens (primary N) is 1. The highest BCUT2D eigenvalue weighted by Gasteiger charge is 2.26. The molecule has 0 spiro atoms. The van der Waals surface area contributed by atoms with Crippen molar-refractivity contribution in [2.45, 2.75) is 51.6 Å². The number of carbonyl (C=O) groups excluding carboxylic acids is 1. The first-order valence-corrected chi connectivity index (χ1v) is 7.36. The quantitative estimate of drug-likeness (QED) is 0.772. The van der Waals surface area contributed by atoms with Gasteiger partial charge in [-0.3, -0.25) is 9.89 Å². The number of aryl methyl sites for hydroxylation is 1. The Bertz CT molecular complexity index is 470. The SMILES string of the molecule is CCCc1[nH]nc(C(=O)NC2CCN(C)C(C)C2)c1N. The van der Waals surface area contributed by atoms with E-state index in [-0.39, 0.29) is 11.9 Å². The van der Waals surface area contributed by atoms with Crippen LogP contribution in [0.1, 0.15) is 49.3 Å². The molecular formula is C14H25N5O. The number of hydrogen-bond donors (Lipinski definition) is 3. The lowest BCUT2D eigenvalue weighted by molar-refractivity contribution is 0.0892. The van der Waals surface area contributed by atoms with Gasteiger partial charge in [0.05, 0.1) is 11.4 Å². The number of anilines is 1. The van der Waals surface area contributed by atoms with Gasteiger partial charge >= 0.3 is 0 Å². The summed E-state index contributed by atoms with van der Waals surface area (Å²) in [6.45, 7) is 5.25. The highest BCUT2D eigenvalue weighted by molar-refractivity contribution is 5.97. The number of nitrogens with zero attached hydrogens (tertiary/aromatic N) is 2. The van der Waals surface area contributed by atoms with Gasteiger partial charge in [0, 0.05) is 18.6 Å². The van der Waals surface area contributed by atoms with Gasteiger partial charge in [-0.05, 0) is 33.2 Å². The van der Waals surface area contributed by atoms with E-state index in [4.69, 9.17) is 5.73 Å². The first-order valence-electron chi connectivity index (χ1n) is 7.36. The van der Waals surface area contributed by atoms with Gasteiger partial charge in [-0.1, -0.05) is 13.3 Å². The van der Waals surface area contributed by atoms with Crippen molar-refractivity contribution in [2.75, 3.05) is 19.3 Å². The molecule has 0 saturated carbocycles. The van der Waals surface area contributed by atoms with Crippen molar-refractivity contribution in [1.29, 1.82) is 0 Å². The molecule has 2 unspecified atom stereocenters. The van der Waals surface area contributed by atoms with Gasteiger partial charge in [0.15, 0.2) is 5.69 Å². The summed E-state index contributed by atoms with van der Waals surface area (Å²) in [6, 6.07) is 0.695. The number of H-pyrrole nitrogens is 1. The molecule has 2 heterocycles. The molecule has 1 aliphatic rings. The summed E-state index contributed by atoms with van der Waals surface area (Å²) in [7, 11) is 2.12. The molecule has 1 saturated heterocycles. The third-order valence-corrected chi connectivity index (χ3v) is 4.14. The maximum Gasteiger partial charge on any atom is 0.274 e. The van der Waals surface area contributed by atoms with E-state index in [2.05, 4.69) is 41.3 Å². The summed E-state index contributed by atoms with van der Waals surface area (Å²) in [5.41, 5.74) is 7.66. The van der Waals surface area contributed by atoms with Gasteiger partial charge in [0.2, 0.25) is 0 Å². The van der Waals surface area contributed by atoms with Crippen LogP contribution in [0.3, 0.4) is 0 Å². The van der Waals surface area contributed by atoms with E-state index < -0.39 is 0 Å². The number of piperidine rings is 1. The zero-order valence-corrected chi connectivity index (χ0v) is 12.6. The lowest BCUT2D eigenvalue weighted by atomic mass is 9.99. The molecule has 2 atom stereocenters. The first-order chi connectivity index (χ1) is 9.52. The van der Waals surface area contributed by atoms with Crippen molar-refractivity contribution in [3.05, 3.63) is 11.4 Å². The minimum Gasteiger partial charge on any atom is -0.395 e. The van der Waals surface area contributed by atoms with Crippen LogP contribution in [0.2, 0.25) is 0 Å². The van der Waals surface area contributed by atoms with Gasteiger partial charge in [0.25, 0.3) is 5.91 Å². The van der Waals surface area contributed by atoms with E-state index in [0.29, 0.717) is 17.4 Å². The summed E-state index contributed by atoms with van der Waals surface area (Å²) < 4.78 is 0. The minimum atomic E-state index is -0.164. The number of carbonyl (C=O) groups is 1. The van der Waals surface area contributed by atoms with Crippen LogP contribution in [0.4, 0.5) is 5.69 Å². The van der Waals surface area contributed by atoms with Crippen molar-refractivity contribution < 1.29 is 4.79 Å². The normalized spacial score (nSPS) is 23.8. The maximum atomic E-state index is 12.3. The number of likely N-dealkylation sites (tertiary alicyclic amines) is 1. The summed E-state index contributed by atoms with van der Waals surface area (Å²) in [5.74, 6) is -0.164. The summed E-state index contributed by atoms with van der Waals surface area (Å²) in [5, 5.41) is 9.98. The molecule has 0 aromatic carbocycles. The van der Waals surface area contributed by atoms with Crippen LogP contribution in [0, 0.1) is 0 Å². The van der Waals surface area contributed by atoms with Crippen LogP contribution in [0.5, 0.6) is 0 Å². The standard InChI is InChI=1S/C14H25N5O/c1-4-5-11-12(15)13(18-17-11)14(20)16-10-6-7-19(3)9(2)8-10/h9-10H,4-8,15H2,1-3H3,(H,16,20)(H,17,18). The number of aromatic nitrogens is 2. The van der Waals surface area contributed by atoms with Crippen LogP contribution in [0.15, 0.2) is 0 Å². The number of nitrogens with one attached hydrogen (secondary N) is 2. The van der Waals surface area contributed by atoms with Gasteiger partial charge in [-0.25, -0.2) is 0 Å². The second-order valence-electron chi connectivity index (χ2n) is 5.74. The molecule has 6 nitrogen and oxygen atoms in total. The lowest BCUT2D eigenvalue weighted by Crippen LogP contribution is -2.47. The van der Waals surface area contributed by atoms with E-state index in [9.17, 15) is 4.79 Å². The van der Waals surface area contributed by atoms with Crippen LogP contribution in [-0.4, -0.2) is 46.7 Å². The van der Waals surface area contributed by atoms with Gasteiger partial charge in [-0.2, -0.15) is 5.10 Å². The number of hydrogen-bond acceptors (Lipinski definition) is 4. The second-order valence-corrected chi connectivity index (χ2v) is 5.74. The molecule has 1 fully saturated rings. The van der Waals surface area contributed by atoms with Crippen molar-refractivity contribution in [2.24, 2.45) is 0 Å². The molecule has 112 valence electrons. The number of aromatic amines is 1. The average molecular weight is 279 g/mol. The lowest BCUT2D eigenvalue weighted by Gasteiger charge is -2.35. The largest absolute Gasteiger partial charge is 0.395 e. The fourth-order valence-electron chi connectivity index (χ4n) is 2.67. The summed E-state index contributed by atoms with van der Waals surface area (Å²) >= 11 is 0. The first kappa shape index (κ1) is 14.8. The van der Waals surface area contributed by atoms with Gasteiger partial charge < -0.3 is 16.0 Å². The van der Waals surface area contributed by atoms with Crippen LogP contribution in [0.25, 0.3) is 0 Å². The number of amides is 1. The number of rotatable bonds is 4. The molecule has 1 aliphatic heterocycles. The average Bonchev–Trinajstić information content (AvgIpc) is 2.76. The molecule has 0 radical (unpaired) electrons. The Hall–Kier alpha value is -1.56. The van der Waals surface area contributed by atoms with Crippen LogP contribution >= 0.6 is 0 Å².